The first-order chi connectivity index (χ1) is 13.6. The Hall–Kier alpha value is -2.89. The van der Waals surface area contributed by atoms with Crippen LogP contribution in [0, 0.1) is 11.8 Å². The summed E-state index contributed by atoms with van der Waals surface area (Å²) in [7, 11) is 6.46. The van der Waals surface area contributed by atoms with E-state index in [9.17, 15) is 4.79 Å². The Bertz CT molecular complexity index is 906. The second kappa shape index (κ2) is 7.26. The third-order valence-corrected chi connectivity index (χ3v) is 5.81. The molecule has 148 valence electrons. The number of methoxy groups -OCH3 is 4. The van der Waals surface area contributed by atoms with Crippen molar-refractivity contribution in [2.75, 3.05) is 35.0 Å². The van der Waals surface area contributed by atoms with Gasteiger partial charge in [-0.3, -0.25) is 4.79 Å². The number of rotatable bonds is 5. The first kappa shape index (κ1) is 18.5. The van der Waals surface area contributed by atoms with E-state index in [2.05, 4.69) is 0 Å². The second-order valence-corrected chi connectivity index (χ2v) is 7.12. The third-order valence-electron chi connectivity index (χ3n) is 5.81. The van der Waals surface area contributed by atoms with E-state index in [1.807, 2.05) is 30.3 Å². The molecule has 1 aliphatic heterocycles. The molecule has 1 fully saturated rings. The lowest BCUT2D eigenvalue weighted by molar-refractivity contribution is -0.141. The van der Waals surface area contributed by atoms with Crippen molar-refractivity contribution >= 4 is 5.97 Å². The Kier molecular flexibility index (Phi) is 4.79. The summed E-state index contributed by atoms with van der Waals surface area (Å²) in [4.78, 5) is 12.6. The van der Waals surface area contributed by atoms with Gasteiger partial charge in [-0.1, -0.05) is 6.07 Å². The van der Waals surface area contributed by atoms with Gasteiger partial charge in [0.15, 0.2) is 23.0 Å². The van der Waals surface area contributed by atoms with Crippen molar-refractivity contribution in [3.05, 3.63) is 47.0 Å². The van der Waals surface area contributed by atoms with Gasteiger partial charge < -0.3 is 23.7 Å². The molecule has 0 amide bonds. The number of hydrogen-bond acceptors (Lipinski definition) is 6. The first-order valence-corrected chi connectivity index (χ1v) is 9.24. The zero-order chi connectivity index (χ0) is 19.8. The molecule has 2 aromatic carbocycles. The molecule has 6 heteroatoms. The fourth-order valence-corrected chi connectivity index (χ4v) is 4.49. The fraction of sp³-hybridized carbons (Fsp3) is 0.409. The topological polar surface area (TPSA) is 63.2 Å². The molecule has 1 saturated heterocycles. The van der Waals surface area contributed by atoms with E-state index in [1.54, 1.807) is 28.4 Å². The molecule has 0 bridgehead atoms. The lowest BCUT2D eigenvalue weighted by Gasteiger charge is -2.34. The largest absolute Gasteiger partial charge is 0.493 e. The standard InChI is InChI=1S/C22H24O6/c1-24-16-6-5-12(8-17(16)25-2)20-15-10-19(27-4)18(26-3)9-13(15)7-14-11-28-22(23)21(14)20/h5-6,8-10,14,20-21H,7,11H2,1-4H3/t14-,20+,21+/m1/s1. The highest BCUT2D eigenvalue weighted by Crippen LogP contribution is 2.50. The van der Waals surface area contributed by atoms with Crippen LogP contribution in [-0.4, -0.2) is 41.0 Å². The normalized spacial score (nSPS) is 22.7. The zero-order valence-corrected chi connectivity index (χ0v) is 16.5. The number of carbonyl (C=O) groups excluding carboxylic acids is 1. The average Bonchev–Trinajstić information content (AvgIpc) is 3.10. The molecule has 3 atom stereocenters. The maximum atomic E-state index is 12.6. The molecule has 1 heterocycles. The average molecular weight is 384 g/mol. The van der Waals surface area contributed by atoms with Gasteiger partial charge in [0.25, 0.3) is 0 Å². The Labute approximate surface area is 164 Å². The summed E-state index contributed by atoms with van der Waals surface area (Å²) in [6.45, 7) is 0.446. The molecule has 4 rings (SSSR count). The van der Waals surface area contributed by atoms with Crippen molar-refractivity contribution in [2.45, 2.75) is 12.3 Å². The molecule has 2 aromatic rings. The van der Waals surface area contributed by atoms with Crippen LogP contribution < -0.4 is 18.9 Å². The Balaban J connectivity index is 1.90. The van der Waals surface area contributed by atoms with E-state index < -0.39 is 0 Å². The minimum absolute atomic E-state index is 0.135. The van der Waals surface area contributed by atoms with E-state index in [0.29, 0.717) is 29.6 Å². The van der Waals surface area contributed by atoms with Crippen LogP contribution >= 0.6 is 0 Å². The summed E-state index contributed by atoms with van der Waals surface area (Å²) in [5.41, 5.74) is 3.20. The molecular weight excluding hydrogens is 360 g/mol. The van der Waals surface area contributed by atoms with Gasteiger partial charge in [0.1, 0.15) is 0 Å². The number of ether oxygens (including phenoxy) is 5. The predicted octanol–water partition coefficient (Wildman–Crippen LogP) is 3.20. The van der Waals surface area contributed by atoms with Crippen LogP contribution in [0.15, 0.2) is 30.3 Å². The highest BCUT2D eigenvalue weighted by molar-refractivity contribution is 5.78. The van der Waals surface area contributed by atoms with Gasteiger partial charge in [0, 0.05) is 11.8 Å². The van der Waals surface area contributed by atoms with Gasteiger partial charge in [-0.15, -0.1) is 0 Å². The number of hydrogen-bond donors (Lipinski definition) is 0. The quantitative estimate of drug-likeness (QED) is 0.738. The van der Waals surface area contributed by atoms with Gasteiger partial charge in [0.05, 0.1) is 41.0 Å². The van der Waals surface area contributed by atoms with E-state index in [-0.39, 0.29) is 23.7 Å². The highest BCUT2D eigenvalue weighted by atomic mass is 16.5. The van der Waals surface area contributed by atoms with Crippen molar-refractivity contribution in [3.63, 3.8) is 0 Å². The van der Waals surface area contributed by atoms with E-state index in [0.717, 1.165) is 23.1 Å². The summed E-state index contributed by atoms with van der Waals surface area (Å²) in [6.07, 6.45) is 0.774. The van der Waals surface area contributed by atoms with Gasteiger partial charge in [-0.2, -0.15) is 0 Å². The molecule has 0 aromatic heterocycles. The van der Waals surface area contributed by atoms with Crippen LogP contribution in [-0.2, 0) is 16.0 Å². The lowest BCUT2D eigenvalue weighted by atomic mass is 9.67. The summed E-state index contributed by atoms with van der Waals surface area (Å²) >= 11 is 0. The smallest absolute Gasteiger partial charge is 0.310 e. The Morgan fingerprint density at radius 1 is 0.857 bits per heavy atom. The minimum atomic E-state index is -0.233. The van der Waals surface area contributed by atoms with Gasteiger partial charge in [-0.05, 0) is 47.4 Å². The maximum Gasteiger partial charge on any atom is 0.310 e. The minimum Gasteiger partial charge on any atom is -0.493 e. The highest BCUT2D eigenvalue weighted by Gasteiger charge is 2.47. The van der Waals surface area contributed by atoms with E-state index in [4.69, 9.17) is 23.7 Å². The van der Waals surface area contributed by atoms with Crippen molar-refractivity contribution in [3.8, 4) is 23.0 Å². The van der Waals surface area contributed by atoms with Crippen LogP contribution in [0.5, 0.6) is 23.0 Å². The fourth-order valence-electron chi connectivity index (χ4n) is 4.49. The maximum absolute atomic E-state index is 12.6. The Morgan fingerprint density at radius 2 is 1.50 bits per heavy atom. The number of cyclic esters (lactones) is 1. The molecule has 28 heavy (non-hydrogen) atoms. The molecule has 0 N–H and O–H groups in total. The van der Waals surface area contributed by atoms with Crippen LogP contribution in [0.2, 0.25) is 0 Å². The lowest BCUT2D eigenvalue weighted by Crippen LogP contribution is -2.31. The first-order valence-electron chi connectivity index (χ1n) is 9.24. The number of carbonyl (C=O) groups is 1. The molecular formula is C22H24O6. The second-order valence-electron chi connectivity index (χ2n) is 7.12. The zero-order valence-electron chi connectivity index (χ0n) is 16.5. The van der Waals surface area contributed by atoms with Crippen LogP contribution in [0.3, 0.4) is 0 Å². The van der Waals surface area contributed by atoms with Crippen molar-refractivity contribution < 1.29 is 28.5 Å². The van der Waals surface area contributed by atoms with Crippen molar-refractivity contribution in [2.24, 2.45) is 11.8 Å². The van der Waals surface area contributed by atoms with Crippen molar-refractivity contribution in [1.82, 2.24) is 0 Å². The molecule has 0 saturated carbocycles. The summed E-state index contributed by atoms with van der Waals surface area (Å²) in [5, 5.41) is 0. The third kappa shape index (κ3) is 2.84. The molecule has 6 nitrogen and oxygen atoms in total. The van der Waals surface area contributed by atoms with Gasteiger partial charge >= 0.3 is 5.97 Å². The van der Waals surface area contributed by atoms with Crippen molar-refractivity contribution in [1.29, 1.82) is 0 Å². The summed E-state index contributed by atoms with van der Waals surface area (Å²) < 4.78 is 27.3. The monoisotopic (exact) mass is 384 g/mol. The van der Waals surface area contributed by atoms with Crippen LogP contribution in [0.1, 0.15) is 22.6 Å². The number of fused-ring (bicyclic) bond motifs is 2. The van der Waals surface area contributed by atoms with Gasteiger partial charge in [-0.25, -0.2) is 0 Å². The van der Waals surface area contributed by atoms with Crippen LogP contribution in [0.4, 0.5) is 0 Å². The van der Waals surface area contributed by atoms with E-state index >= 15 is 0 Å². The van der Waals surface area contributed by atoms with Crippen LogP contribution in [0.25, 0.3) is 0 Å². The molecule has 0 spiro atoms. The predicted molar refractivity (Wildman–Crippen MR) is 103 cm³/mol. The number of esters is 1. The molecule has 2 aliphatic rings. The Morgan fingerprint density at radius 3 is 2.18 bits per heavy atom. The number of benzene rings is 2. The summed E-state index contributed by atoms with van der Waals surface area (Å²) in [6, 6.07) is 9.80. The SMILES string of the molecule is COc1ccc([C@H]2c3cc(OC)c(OC)cc3C[C@@H]3COC(=O)[C@@H]32)cc1OC. The molecule has 0 radical (unpaired) electrons. The van der Waals surface area contributed by atoms with Gasteiger partial charge in [0.2, 0.25) is 0 Å². The summed E-state index contributed by atoms with van der Waals surface area (Å²) in [5.74, 6) is 2.23. The van der Waals surface area contributed by atoms with E-state index in [1.165, 1.54) is 0 Å². The molecule has 0 unspecified atom stereocenters. The molecule has 1 aliphatic carbocycles.